The number of benzene rings is 1. The van der Waals surface area contributed by atoms with Crippen LogP contribution in [-0.4, -0.2) is 9.97 Å². The maximum Gasteiger partial charge on any atom is 0.181 e. The van der Waals surface area contributed by atoms with E-state index in [1.807, 2.05) is 23.6 Å². The molecule has 3 rings (SSSR count). The van der Waals surface area contributed by atoms with Gasteiger partial charge in [0.15, 0.2) is 12.0 Å². The SMILES string of the molecule is Clc1csc(-c2ccc3ncoc3c2)n1. The molecule has 0 aliphatic rings. The average molecular weight is 237 g/mol. The van der Waals surface area contributed by atoms with Gasteiger partial charge in [0.25, 0.3) is 0 Å². The Hall–Kier alpha value is -1.39. The molecule has 0 atom stereocenters. The van der Waals surface area contributed by atoms with Gasteiger partial charge in [0, 0.05) is 10.9 Å². The lowest BCUT2D eigenvalue weighted by molar-refractivity contribution is 0.602. The summed E-state index contributed by atoms with van der Waals surface area (Å²) in [7, 11) is 0. The number of fused-ring (bicyclic) bond motifs is 1. The van der Waals surface area contributed by atoms with Crippen LogP contribution >= 0.6 is 22.9 Å². The highest BCUT2D eigenvalue weighted by atomic mass is 35.5. The van der Waals surface area contributed by atoms with Gasteiger partial charge in [0.1, 0.15) is 15.7 Å². The third-order valence-corrected chi connectivity index (χ3v) is 3.27. The highest BCUT2D eigenvalue weighted by molar-refractivity contribution is 7.13. The minimum Gasteiger partial charge on any atom is -0.443 e. The number of hydrogen-bond donors (Lipinski definition) is 0. The molecule has 74 valence electrons. The molecule has 0 spiro atoms. The number of thiazole rings is 1. The van der Waals surface area contributed by atoms with Gasteiger partial charge in [0.2, 0.25) is 0 Å². The number of rotatable bonds is 1. The Balaban J connectivity index is 2.18. The number of nitrogens with zero attached hydrogens (tertiary/aromatic N) is 2. The molecule has 3 aromatic rings. The molecule has 0 aliphatic heterocycles. The Kier molecular flexibility index (Phi) is 1.97. The van der Waals surface area contributed by atoms with E-state index in [1.165, 1.54) is 17.7 Å². The maximum atomic E-state index is 5.77. The van der Waals surface area contributed by atoms with Gasteiger partial charge >= 0.3 is 0 Å². The van der Waals surface area contributed by atoms with E-state index in [4.69, 9.17) is 16.0 Å². The molecule has 5 heteroatoms. The number of aromatic nitrogens is 2. The molecule has 0 saturated carbocycles. The van der Waals surface area contributed by atoms with Crippen LogP contribution in [0.5, 0.6) is 0 Å². The zero-order valence-electron chi connectivity index (χ0n) is 7.48. The first-order valence-electron chi connectivity index (χ1n) is 4.27. The fourth-order valence-electron chi connectivity index (χ4n) is 1.37. The van der Waals surface area contributed by atoms with Crippen molar-refractivity contribution >= 4 is 34.0 Å². The molecule has 0 N–H and O–H groups in total. The van der Waals surface area contributed by atoms with E-state index < -0.39 is 0 Å². The van der Waals surface area contributed by atoms with E-state index in [-0.39, 0.29) is 0 Å². The highest BCUT2D eigenvalue weighted by Gasteiger charge is 2.05. The molecular formula is C10H5ClN2OS. The molecule has 0 unspecified atom stereocenters. The molecule has 3 nitrogen and oxygen atoms in total. The van der Waals surface area contributed by atoms with E-state index in [1.54, 1.807) is 0 Å². The standard InChI is InChI=1S/C10H5ClN2OS/c11-9-4-15-10(13-9)6-1-2-7-8(3-6)14-5-12-7/h1-5H. The quantitative estimate of drug-likeness (QED) is 0.648. The minimum absolute atomic E-state index is 0.521. The molecule has 15 heavy (non-hydrogen) atoms. The molecule has 0 aliphatic carbocycles. The molecule has 2 heterocycles. The van der Waals surface area contributed by atoms with Crippen LogP contribution in [0, 0.1) is 0 Å². The van der Waals surface area contributed by atoms with E-state index >= 15 is 0 Å². The second kappa shape index (κ2) is 3.32. The molecular weight excluding hydrogens is 232 g/mol. The lowest BCUT2D eigenvalue weighted by Gasteiger charge is -1.94. The van der Waals surface area contributed by atoms with Crippen molar-refractivity contribution in [2.75, 3.05) is 0 Å². The highest BCUT2D eigenvalue weighted by Crippen LogP contribution is 2.28. The molecule has 0 radical (unpaired) electrons. The number of hydrogen-bond acceptors (Lipinski definition) is 4. The summed E-state index contributed by atoms with van der Waals surface area (Å²) in [6.07, 6.45) is 1.43. The van der Waals surface area contributed by atoms with Crippen LogP contribution in [0.2, 0.25) is 5.15 Å². The summed E-state index contributed by atoms with van der Waals surface area (Å²) in [6, 6.07) is 5.78. The van der Waals surface area contributed by atoms with Crippen molar-refractivity contribution in [2.45, 2.75) is 0 Å². The smallest absolute Gasteiger partial charge is 0.181 e. The first kappa shape index (κ1) is 8.88. The first-order valence-corrected chi connectivity index (χ1v) is 5.53. The largest absolute Gasteiger partial charge is 0.443 e. The van der Waals surface area contributed by atoms with E-state index in [0.29, 0.717) is 5.15 Å². The van der Waals surface area contributed by atoms with E-state index in [0.717, 1.165) is 21.7 Å². The zero-order valence-corrected chi connectivity index (χ0v) is 9.05. The zero-order chi connectivity index (χ0) is 10.3. The van der Waals surface area contributed by atoms with Gasteiger partial charge in [-0.3, -0.25) is 0 Å². The Bertz CT molecular complexity index is 616. The van der Waals surface area contributed by atoms with Gasteiger partial charge in [-0.05, 0) is 18.2 Å². The first-order chi connectivity index (χ1) is 7.33. The normalized spacial score (nSPS) is 11.0. The van der Waals surface area contributed by atoms with Gasteiger partial charge in [-0.2, -0.15) is 0 Å². The van der Waals surface area contributed by atoms with Crippen LogP contribution in [0.3, 0.4) is 0 Å². The van der Waals surface area contributed by atoms with Crippen LogP contribution in [0.25, 0.3) is 21.7 Å². The third kappa shape index (κ3) is 1.52. The van der Waals surface area contributed by atoms with Gasteiger partial charge in [-0.15, -0.1) is 11.3 Å². The van der Waals surface area contributed by atoms with Crippen molar-refractivity contribution in [2.24, 2.45) is 0 Å². The lowest BCUT2D eigenvalue weighted by Crippen LogP contribution is -1.75. The van der Waals surface area contributed by atoms with Crippen molar-refractivity contribution in [3.8, 4) is 10.6 Å². The van der Waals surface area contributed by atoms with E-state index in [9.17, 15) is 0 Å². The molecule has 0 amide bonds. The van der Waals surface area contributed by atoms with Crippen LogP contribution in [0.15, 0.2) is 34.4 Å². The summed E-state index contributed by atoms with van der Waals surface area (Å²) >= 11 is 7.28. The van der Waals surface area contributed by atoms with Gasteiger partial charge < -0.3 is 4.42 Å². The van der Waals surface area contributed by atoms with Crippen molar-refractivity contribution < 1.29 is 4.42 Å². The molecule has 0 saturated heterocycles. The molecule has 1 aromatic carbocycles. The predicted octanol–water partition coefficient (Wildman–Crippen LogP) is 3.60. The van der Waals surface area contributed by atoms with Crippen molar-refractivity contribution in [1.82, 2.24) is 9.97 Å². The number of halogens is 1. The Morgan fingerprint density at radius 3 is 3.07 bits per heavy atom. The Labute approximate surface area is 94.3 Å². The second-order valence-electron chi connectivity index (χ2n) is 3.01. The minimum atomic E-state index is 0.521. The fraction of sp³-hybridized carbons (Fsp3) is 0. The van der Waals surface area contributed by atoms with Gasteiger partial charge in [0.05, 0.1) is 0 Å². The summed E-state index contributed by atoms with van der Waals surface area (Å²) in [5, 5.41) is 3.22. The second-order valence-corrected chi connectivity index (χ2v) is 4.26. The van der Waals surface area contributed by atoms with Gasteiger partial charge in [-0.25, -0.2) is 9.97 Å². The Morgan fingerprint density at radius 2 is 2.27 bits per heavy atom. The van der Waals surface area contributed by atoms with Crippen LogP contribution < -0.4 is 0 Å². The molecule has 0 fully saturated rings. The van der Waals surface area contributed by atoms with Crippen LogP contribution in [0.4, 0.5) is 0 Å². The van der Waals surface area contributed by atoms with Crippen molar-refractivity contribution in [3.05, 3.63) is 35.1 Å². The average Bonchev–Trinajstić information content (AvgIpc) is 2.84. The summed E-state index contributed by atoms with van der Waals surface area (Å²) in [6.45, 7) is 0. The van der Waals surface area contributed by atoms with Crippen molar-refractivity contribution in [1.29, 1.82) is 0 Å². The van der Waals surface area contributed by atoms with Crippen LogP contribution in [-0.2, 0) is 0 Å². The predicted molar refractivity (Wildman–Crippen MR) is 60.1 cm³/mol. The maximum absolute atomic E-state index is 5.77. The molecule has 0 bridgehead atoms. The van der Waals surface area contributed by atoms with Crippen LogP contribution in [0.1, 0.15) is 0 Å². The Morgan fingerprint density at radius 1 is 1.33 bits per heavy atom. The summed E-state index contributed by atoms with van der Waals surface area (Å²) in [5.74, 6) is 0. The summed E-state index contributed by atoms with van der Waals surface area (Å²) < 4.78 is 5.22. The van der Waals surface area contributed by atoms with E-state index in [2.05, 4.69) is 9.97 Å². The number of oxazole rings is 1. The summed E-state index contributed by atoms with van der Waals surface area (Å²) in [4.78, 5) is 8.24. The third-order valence-electron chi connectivity index (χ3n) is 2.05. The van der Waals surface area contributed by atoms with Gasteiger partial charge in [-0.1, -0.05) is 11.6 Å². The summed E-state index contributed by atoms with van der Waals surface area (Å²) in [5.41, 5.74) is 2.61. The van der Waals surface area contributed by atoms with Crippen molar-refractivity contribution in [3.63, 3.8) is 0 Å². The molecule has 2 aromatic heterocycles. The topological polar surface area (TPSA) is 38.9 Å². The fourth-order valence-corrected chi connectivity index (χ4v) is 2.32. The lowest BCUT2D eigenvalue weighted by atomic mass is 10.2. The monoisotopic (exact) mass is 236 g/mol.